The Morgan fingerprint density at radius 3 is 2.22 bits per heavy atom. The van der Waals surface area contributed by atoms with Gasteiger partial charge in [0, 0.05) is 4.47 Å². The molecule has 2 rings (SSSR count). The summed E-state index contributed by atoms with van der Waals surface area (Å²) < 4.78 is 12.2. The van der Waals surface area contributed by atoms with Gasteiger partial charge >= 0.3 is 0 Å². The molecule has 0 aliphatic heterocycles. The lowest BCUT2D eigenvalue weighted by atomic mass is 10.2. The highest BCUT2D eigenvalue weighted by Gasteiger charge is 1.96. The second-order valence-corrected chi connectivity index (χ2v) is 4.88. The smallest absolute Gasteiger partial charge is 0.122 e. The molecule has 0 saturated heterocycles. The largest absolute Gasteiger partial charge is 0.490 e. The van der Waals surface area contributed by atoms with Crippen LogP contribution in [0.4, 0.5) is 0 Å². The van der Waals surface area contributed by atoms with E-state index in [4.69, 9.17) is 9.47 Å². The molecular formula is C15H15BrO2. The van der Waals surface area contributed by atoms with E-state index in [1.165, 1.54) is 5.56 Å². The van der Waals surface area contributed by atoms with Gasteiger partial charge in [0.1, 0.15) is 24.7 Å². The summed E-state index contributed by atoms with van der Waals surface area (Å²) in [7, 11) is 0. The number of hydrogen-bond donors (Lipinski definition) is 0. The maximum Gasteiger partial charge on any atom is 0.122 e. The third kappa shape index (κ3) is 4.08. The standard InChI is InChI=1S/C15H15BrO2/c1-12-5-7-14(8-6-12)17-9-10-18-15-4-2-3-13(16)11-15/h2-8,11H,9-10H2,1H3. The van der Waals surface area contributed by atoms with E-state index < -0.39 is 0 Å². The van der Waals surface area contributed by atoms with Gasteiger partial charge in [-0.3, -0.25) is 0 Å². The maximum atomic E-state index is 5.58. The van der Waals surface area contributed by atoms with Gasteiger partial charge in [0.25, 0.3) is 0 Å². The van der Waals surface area contributed by atoms with Gasteiger partial charge in [0.2, 0.25) is 0 Å². The molecule has 94 valence electrons. The van der Waals surface area contributed by atoms with Crippen LogP contribution in [0.5, 0.6) is 11.5 Å². The third-order valence-electron chi connectivity index (χ3n) is 2.44. The summed E-state index contributed by atoms with van der Waals surface area (Å²) in [5.74, 6) is 1.72. The van der Waals surface area contributed by atoms with Gasteiger partial charge in [-0.1, -0.05) is 39.7 Å². The fraction of sp³-hybridized carbons (Fsp3) is 0.200. The van der Waals surface area contributed by atoms with Crippen LogP contribution in [0.15, 0.2) is 53.0 Å². The van der Waals surface area contributed by atoms with Crippen molar-refractivity contribution in [3.63, 3.8) is 0 Å². The summed E-state index contributed by atoms with van der Waals surface area (Å²) in [6, 6.07) is 15.8. The zero-order valence-corrected chi connectivity index (χ0v) is 11.8. The average molecular weight is 307 g/mol. The molecule has 0 spiro atoms. The monoisotopic (exact) mass is 306 g/mol. The molecule has 18 heavy (non-hydrogen) atoms. The zero-order chi connectivity index (χ0) is 12.8. The second-order valence-electron chi connectivity index (χ2n) is 3.97. The Balaban J connectivity index is 1.74. The van der Waals surface area contributed by atoms with Crippen LogP contribution >= 0.6 is 15.9 Å². The molecule has 0 aliphatic carbocycles. The second kappa shape index (κ2) is 6.45. The van der Waals surface area contributed by atoms with E-state index in [1.54, 1.807) is 0 Å². The van der Waals surface area contributed by atoms with Gasteiger partial charge in [-0.25, -0.2) is 0 Å². The van der Waals surface area contributed by atoms with Gasteiger partial charge in [-0.2, -0.15) is 0 Å². The Morgan fingerprint density at radius 1 is 0.889 bits per heavy atom. The Hall–Kier alpha value is -1.48. The van der Waals surface area contributed by atoms with Crippen LogP contribution in [-0.4, -0.2) is 13.2 Å². The molecule has 2 aromatic rings. The van der Waals surface area contributed by atoms with Crippen LogP contribution < -0.4 is 9.47 Å². The van der Waals surface area contributed by atoms with Crippen molar-refractivity contribution in [3.8, 4) is 11.5 Å². The Kier molecular flexibility index (Phi) is 4.65. The third-order valence-corrected chi connectivity index (χ3v) is 2.93. The molecule has 0 aromatic heterocycles. The van der Waals surface area contributed by atoms with E-state index in [9.17, 15) is 0 Å². The van der Waals surface area contributed by atoms with E-state index in [2.05, 4.69) is 22.9 Å². The van der Waals surface area contributed by atoms with Gasteiger partial charge in [-0.15, -0.1) is 0 Å². The van der Waals surface area contributed by atoms with Crippen molar-refractivity contribution in [3.05, 3.63) is 58.6 Å². The molecule has 0 N–H and O–H groups in total. The van der Waals surface area contributed by atoms with Crippen LogP contribution in [-0.2, 0) is 0 Å². The SMILES string of the molecule is Cc1ccc(OCCOc2cccc(Br)c2)cc1. The predicted octanol–water partition coefficient (Wildman–Crippen LogP) is 4.22. The fourth-order valence-electron chi connectivity index (χ4n) is 1.51. The number of hydrogen-bond acceptors (Lipinski definition) is 2. The van der Waals surface area contributed by atoms with Crippen LogP contribution in [0.3, 0.4) is 0 Å². The van der Waals surface area contributed by atoms with Crippen molar-refractivity contribution in [2.24, 2.45) is 0 Å². The van der Waals surface area contributed by atoms with Gasteiger partial charge < -0.3 is 9.47 Å². The lowest BCUT2D eigenvalue weighted by Gasteiger charge is -2.08. The first-order chi connectivity index (χ1) is 8.74. The topological polar surface area (TPSA) is 18.5 Å². The minimum atomic E-state index is 0.532. The molecule has 0 atom stereocenters. The van der Waals surface area contributed by atoms with E-state index in [1.807, 2.05) is 48.5 Å². The minimum Gasteiger partial charge on any atom is -0.490 e. The highest BCUT2D eigenvalue weighted by Crippen LogP contribution is 2.17. The molecule has 0 radical (unpaired) electrons. The number of benzene rings is 2. The lowest BCUT2D eigenvalue weighted by molar-refractivity contribution is 0.217. The van der Waals surface area contributed by atoms with Crippen molar-refractivity contribution in [1.29, 1.82) is 0 Å². The maximum absolute atomic E-state index is 5.58. The normalized spacial score (nSPS) is 10.1. The van der Waals surface area contributed by atoms with Crippen molar-refractivity contribution >= 4 is 15.9 Å². The first kappa shape index (κ1) is 13.0. The summed E-state index contributed by atoms with van der Waals surface area (Å²) in [6.07, 6.45) is 0. The molecule has 0 fully saturated rings. The number of ether oxygens (including phenoxy) is 2. The Morgan fingerprint density at radius 2 is 1.56 bits per heavy atom. The molecule has 0 saturated carbocycles. The van der Waals surface area contributed by atoms with Crippen molar-refractivity contribution in [2.45, 2.75) is 6.92 Å². The van der Waals surface area contributed by atoms with Crippen LogP contribution in [0.25, 0.3) is 0 Å². The average Bonchev–Trinajstić information content (AvgIpc) is 2.37. The summed E-state index contributed by atoms with van der Waals surface area (Å²) in [4.78, 5) is 0. The molecule has 2 nitrogen and oxygen atoms in total. The molecule has 2 aromatic carbocycles. The summed E-state index contributed by atoms with van der Waals surface area (Å²) in [5, 5.41) is 0. The molecular weight excluding hydrogens is 292 g/mol. The Bertz CT molecular complexity index is 494. The van der Waals surface area contributed by atoms with E-state index >= 15 is 0 Å². The molecule has 0 heterocycles. The summed E-state index contributed by atoms with van der Waals surface area (Å²) in [6.45, 7) is 3.13. The highest BCUT2D eigenvalue weighted by atomic mass is 79.9. The first-order valence-corrected chi connectivity index (χ1v) is 6.61. The molecule has 0 unspecified atom stereocenters. The van der Waals surface area contributed by atoms with Crippen LogP contribution in [0.1, 0.15) is 5.56 Å². The van der Waals surface area contributed by atoms with Crippen molar-refractivity contribution in [1.82, 2.24) is 0 Å². The summed E-state index contributed by atoms with van der Waals surface area (Å²) >= 11 is 3.40. The Labute approximate surface area is 116 Å². The quantitative estimate of drug-likeness (QED) is 0.770. The van der Waals surface area contributed by atoms with Crippen LogP contribution in [0, 0.1) is 6.92 Å². The summed E-state index contributed by atoms with van der Waals surface area (Å²) in [5.41, 5.74) is 1.23. The van der Waals surface area contributed by atoms with Gasteiger partial charge in [-0.05, 0) is 37.3 Å². The molecule has 0 bridgehead atoms. The predicted molar refractivity (Wildman–Crippen MR) is 76.3 cm³/mol. The first-order valence-electron chi connectivity index (χ1n) is 5.82. The fourth-order valence-corrected chi connectivity index (χ4v) is 1.89. The van der Waals surface area contributed by atoms with E-state index in [0.29, 0.717) is 13.2 Å². The highest BCUT2D eigenvalue weighted by molar-refractivity contribution is 9.10. The number of halogens is 1. The lowest BCUT2D eigenvalue weighted by Crippen LogP contribution is -2.08. The van der Waals surface area contributed by atoms with Crippen molar-refractivity contribution in [2.75, 3.05) is 13.2 Å². The molecule has 0 aliphatic rings. The zero-order valence-electron chi connectivity index (χ0n) is 10.2. The number of aryl methyl sites for hydroxylation is 1. The van der Waals surface area contributed by atoms with Crippen molar-refractivity contribution < 1.29 is 9.47 Å². The van der Waals surface area contributed by atoms with Crippen LogP contribution in [0.2, 0.25) is 0 Å². The van der Waals surface area contributed by atoms with E-state index in [0.717, 1.165) is 16.0 Å². The molecule has 3 heteroatoms. The van der Waals surface area contributed by atoms with E-state index in [-0.39, 0.29) is 0 Å². The minimum absolute atomic E-state index is 0.532. The van der Waals surface area contributed by atoms with Gasteiger partial charge in [0.05, 0.1) is 0 Å². The molecule has 0 amide bonds. The van der Waals surface area contributed by atoms with Gasteiger partial charge in [0.15, 0.2) is 0 Å². The number of rotatable bonds is 5.